The van der Waals surface area contributed by atoms with Crippen LogP contribution in [0.25, 0.3) is 0 Å². The number of hydrogen-bond donors (Lipinski definition) is 1. The molecule has 15 heavy (non-hydrogen) atoms. The summed E-state index contributed by atoms with van der Waals surface area (Å²) in [6, 6.07) is 0. The Morgan fingerprint density at radius 3 is 2.40 bits per heavy atom. The second-order valence-corrected chi connectivity index (χ2v) is 3.37. The molecule has 0 aliphatic carbocycles. The summed E-state index contributed by atoms with van der Waals surface area (Å²) in [7, 11) is 1.26. The number of carboxylic acids is 1. The summed E-state index contributed by atoms with van der Waals surface area (Å²) in [5.74, 6) is -2.77. The van der Waals surface area contributed by atoms with Crippen LogP contribution in [0, 0.1) is 11.8 Å². The van der Waals surface area contributed by atoms with E-state index in [1.165, 1.54) is 7.11 Å². The third-order valence-corrected chi connectivity index (χ3v) is 2.29. The minimum atomic E-state index is -0.964. The quantitative estimate of drug-likeness (QED) is 0.541. The highest BCUT2D eigenvalue weighted by atomic mass is 16.5. The first-order valence-corrected chi connectivity index (χ1v) is 5.00. The minimum Gasteiger partial charge on any atom is -0.481 e. The fourth-order valence-electron chi connectivity index (χ4n) is 1.28. The van der Waals surface area contributed by atoms with E-state index in [0.29, 0.717) is 6.42 Å². The Kier molecular flexibility index (Phi) is 6.42. The third kappa shape index (κ3) is 4.63. The summed E-state index contributed by atoms with van der Waals surface area (Å²) in [6.07, 6.45) is 4.90. The van der Waals surface area contributed by atoms with Crippen molar-refractivity contribution in [3.05, 3.63) is 12.2 Å². The fraction of sp³-hybridized carbons (Fsp3) is 0.636. The summed E-state index contributed by atoms with van der Waals surface area (Å²) >= 11 is 0. The molecule has 2 unspecified atom stereocenters. The van der Waals surface area contributed by atoms with Gasteiger partial charge in [-0.3, -0.25) is 9.59 Å². The van der Waals surface area contributed by atoms with E-state index in [2.05, 4.69) is 4.74 Å². The lowest BCUT2D eigenvalue weighted by atomic mass is 9.91. The summed E-state index contributed by atoms with van der Waals surface area (Å²) < 4.78 is 4.52. The number of ether oxygens (including phenoxy) is 1. The Bertz CT molecular complexity index is 245. The molecule has 0 saturated carbocycles. The molecule has 0 amide bonds. The van der Waals surface area contributed by atoms with E-state index in [9.17, 15) is 9.59 Å². The molecule has 0 heterocycles. The molecule has 1 N–H and O–H groups in total. The molecule has 0 saturated heterocycles. The number of allylic oxidation sites excluding steroid dienone is 2. The van der Waals surface area contributed by atoms with Gasteiger partial charge in [0.25, 0.3) is 0 Å². The smallest absolute Gasteiger partial charge is 0.309 e. The first-order chi connectivity index (χ1) is 7.04. The number of hydrogen-bond acceptors (Lipinski definition) is 3. The first kappa shape index (κ1) is 13.7. The van der Waals surface area contributed by atoms with E-state index >= 15 is 0 Å². The molecule has 0 aromatic rings. The van der Waals surface area contributed by atoms with Gasteiger partial charge in [-0.1, -0.05) is 26.0 Å². The van der Waals surface area contributed by atoms with E-state index in [1.54, 1.807) is 13.0 Å². The summed E-state index contributed by atoms with van der Waals surface area (Å²) in [4.78, 5) is 22.1. The summed E-state index contributed by atoms with van der Waals surface area (Å²) in [5, 5.41) is 8.95. The van der Waals surface area contributed by atoms with Crippen LogP contribution in [-0.2, 0) is 14.3 Å². The highest BCUT2D eigenvalue weighted by molar-refractivity contribution is 5.80. The van der Waals surface area contributed by atoms with E-state index in [1.807, 2.05) is 13.0 Å². The maximum Gasteiger partial charge on any atom is 0.309 e. The van der Waals surface area contributed by atoms with Crippen LogP contribution in [0.3, 0.4) is 0 Å². The molecule has 2 atom stereocenters. The molecule has 0 bridgehead atoms. The molecule has 0 fully saturated rings. The maximum absolute atomic E-state index is 11.2. The Hall–Kier alpha value is -1.32. The normalized spacial score (nSPS) is 14.9. The maximum atomic E-state index is 11.2. The first-order valence-electron chi connectivity index (χ1n) is 5.00. The van der Waals surface area contributed by atoms with Crippen molar-refractivity contribution in [3.8, 4) is 0 Å². The topological polar surface area (TPSA) is 63.6 Å². The zero-order valence-electron chi connectivity index (χ0n) is 9.40. The molecular formula is C11H18O4. The number of esters is 1. The number of carbonyl (C=O) groups is 2. The zero-order chi connectivity index (χ0) is 11.8. The third-order valence-electron chi connectivity index (χ3n) is 2.29. The van der Waals surface area contributed by atoms with Gasteiger partial charge in [0.2, 0.25) is 0 Å². The highest BCUT2D eigenvalue weighted by Gasteiger charge is 2.29. The molecule has 4 nitrogen and oxygen atoms in total. The molecule has 0 spiro atoms. The second kappa shape index (κ2) is 7.04. The van der Waals surface area contributed by atoms with Crippen molar-refractivity contribution in [2.75, 3.05) is 7.11 Å². The van der Waals surface area contributed by atoms with Gasteiger partial charge in [-0.2, -0.15) is 0 Å². The average Bonchev–Trinajstić information content (AvgIpc) is 2.22. The Labute approximate surface area is 89.9 Å². The number of carbonyl (C=O) groups excluding carboxylic acids is 1. The molecule has 4 heteroatoms. The van der Waals surface area contributed by atoms with Crippen molar-refractivity contribution >= 4 is 11.9 Å². The number of rotatable bonds is 6. The number of carboxylic acid groups (broad SMARTS) is 1. The molecule has 0 aliphatic heterocycles. The Morgan fingerprint density at radius 2 is 2.00 bits per heavy atom. The van der Waals surface area contributed by atoms with Gasteiger partial charge in [0.1, 0.15) is 0 Å². The van der Waals surface area contributed by atoms with Crippen LogP contribution in [0.1, 0.15) is 26.7 Å². The molecule has 0 rings (SSSR count). The van der Waals surface area contributed by atoms with Crippen LogP contribution in [0.15, 0.2) is 12.2 Å². The molecule has 0 aliphatic rings. The predicted octanol–water partition coefficient (Wildman–Crippen LogP) is 1.85. The van der Waals surface area contributed by atoms with Gasteiger partial charge in [0.05, 0.1) is 18.9 Å². The van der Waals surface area contributed by atoms with Gasteiger partial charge < -0.3 is 9.84 Å². The summed E-state index contributed by atoms with van der Waals surface area (Å²) in [6.45, 7) is 3.54. The molecular weight excluding hydrogens is 196 g/mol. The van der Waals surface area contributed by atoms with Gasteiger partial charge in [-0.25, -0.2) is 0 Å². The summed E-state index contributed by atoms with van der Waals surface area (Å²) in [5.41, 5.74) is 0. The van der Waals surface area contributed by atoms with Crippen molar-refractivity contribution in [1.82, 2.24) is 0 Å². The van der Waals surface area contributed by atoms with E-state index in [4.69, 9.17) is 5.11 Å². The van der Waals surface area contributed by atoms with Gasteiger partial charge in [-0.15, -0.1) is 0 Å². The van der Waals surface area contributed by atoms with E-state index < -0.39 is 23.8 Å². The highest BCUT2D eigenvalue weighted by Crippen LogP contribution is 2.18. The second-order valence-electron chi connectivity index (χ2n) is 3.37. The SMILES string of the molecule is CCC=CCC(C(=O)O)C(C)C(=O)OC. The number of aliphatic carboxylic acids is 1. The Morgan fingerprint density at radius 1 is 1.40 bits per heavy atom. The number of methoxy groups -OCH3 is 1. The van der Waals surface area contributed by atoms with Crippen molar-refractivity contribution in [2.45, 2.75) is 26.7 Å². The van der Waals surface area contributed by atoms with Gasteiger partial charge in [0, 0.05) is 0 Å². The van der Waals surface area contributed by atoms with E-state index in [-0.39, 0.29) is 0 Å². The molecule has 0 radical (unpaired) electrons. The van der Waals surface area contributed by atoms with Gasteiger partial charge >= 0.3 is 11.9 Å². The predicted molar refractivity (Wildman–Crippen MR) is 56.4 cm³/mol. The van der Waals surface area contributed by atoms with Crippen LogP contribution < -0.4 is 0 Å². The van der Waals surface area contributed by atoms with Gasteiger partial charge in [-0.05, 0) is 12.8 Å². The lowest BCUT2D eigenvalue weighted by molar-refractivity contribution is -0.154. The van der Waals surface area contributed by atoms with Crippen LogP contribution in [0.5, 0.6) is 0 Å². The molecule has 0 aromatic carbocycles. The largest absolute Gasteiger partial charge is 0.481 e. The van der Waals surface area contributed by atoms with Crippen molar-refractivity contribution in [2.24, 2.45) is 11.8 Å². The van der Waals surface area contributed by atoms with E-state index in [0.717, 1.165) is 6.42 Å². The monoisotopic (exact) mass is 214 g/mol. The standard InChI is InChI=1S/C11H18O4/c1-4-5-6-7-9(10(12)13)8(2)11(14)15-3/h5-6,8-9H,4,7H2,1-3H3,(H,12,13). The molecule has 0 aromatic heterocycles. The van der Waals surface area contributed by atoms with Crippen LogP contribution >= 0.6 is 0 Å². The fourth-order valence-corrected chi connectivity index (χ4v) is 1.28. The van der Waals surface area contributed by atoms with Crippen LogP contribution in [0.2, 0.25) is 0 Å². The Balaban J connectivity index is 4.45. The average molecular weight is 214 g/mol. The van der Waals surface area contributed by atoms with Crippen LogP contribution in [-0.4, -0.2) is 24.2 Å². The molecule has 86 valence electrons. The zero-order valence-corrected chi connectivity index (χ0v) is 9.40. The lowest BCUT2D eigenvalue weighted by Gasteiger charge is -2.16. The van der Waals surface area contributed by atoms with Crippen molar-refractivity contribution in [1.29, 1.82) is 0 Å². The van der Waals surface area contributed by atoms with Crippen molar-refractivity contribution in [3.63, 3.8) is 0 Å². The van der Waals surface area contributed by atoms with Crippen LogP contribution in [0.4, 0.5) is 0 Å². The minimum absolute atomic E-state index is 0.361. The van der Waals surface area contributed by atoms with Gasteiger partial charge in [0.15, 0.2) is 0 Å². The van der Waals surface area contributed by atoms with Crippen molar-refractivity contribution < 1.29 is 19.4 Å². The lowest BCUT2D eigenvalue weighted by Crippen LogP contribution is -2.28.